The van der Waals surface area contributed by atoms with Crippen LogP contribution in [-0.4, -0.2) is 30.1 Å². The Labute approximate surface area is 117 Å². The molecule has 0 amide bonds. The van der Waals surface area contributed by atoms with Gasteiger partial charge in [0.05, 0.1) is 17.1 Å². The van der Waals surface area contributed by atoms with Crippen LogP contribution in [0.15, 0.2) is 47.8 Å². The average molecular weight is 293 g/mol. The first-order valence-corrected chi connectivity index (χ1v) is 7.54. The molecule has 0 radical (unpaired) electrons. The van der Waals surface area contributed by atoms with Gasteiger partial charge in [-0.2, -0.15) is 0 Å². The zero-order chi connectivity index (χ0) is 14.4. The van der Waals surface area contributed by atoms with E-state index in [9.17, 15) is 8.42 Å². The Balaban J connectivity index is 2.06. The summed E-state index contributed by atoms with van der Waals surface area (Å²) < 4.78 is 26.6. The Hall–Kier alpha value is -1.83. The third-order valence-electron chi connectivity index (χ3n) is 2.72. The lowest BCUT2D eigenvalue weighted by Crippen LogP contribution is -2.23. The Morgan fingerprint density at radius 1 is 1.15 bits per heavy atom. The Morgan fingerprint density at radius 2 is 1.90 bits per heavy atom. The van der Waals surface area contributed by atoms with Crippen LogP contribution in [0.2, 0.25) is 0 Å². The summed E-state index contributed by atoms with van der Waals surface area (Å²) in [5, 5.41) is 8.82. The molecular weight excluding hydrogens is 278 g/mol. The minimum absolute atomic E-state index is 0.0397. The van der Waals surface area contributed by atoms with E-state index in [-0.39, 0.29) is 18.0 Å². The fraction of sp³-hybridized carbons (Fsp3) is 0.231. The van der Waals surface area contributed by atoms with Crippen LogP contribution in [0.1, 0.15) is 11.3 Å². The molecule has 1 aromatic carbocycles. The highest BCUT2D eigenvalue weighted by Crippen LogP contribution is 2.11. The maximum absolute atomic E-state index is 12.1. The standard InChI is InChI=1S/C13H15N3O3S/c17-8-6-11-1-3-13(4-2-11)20(18,19)16-9-12-5-7-14-10-15-12/h1-5,7,10,16-17H,6,8-9H2. The maximum atomic E-state index is 12.1. The first-order chi connectivity index (χ1) is 9.62. The molecule has 0 fully saturated rings. The highest BCUT2D eigenvalue weighted by molar-refractivity contribution is 7.89. The van der Waals surface area contributed by atoms with Gasteiger partial charge in [-0.05, 0) is 30.2 Å². The van der Waals surface area contributed by atoms with E-state index in [2.05, 4.69) is 14.7 Å². The van der Waals surface area contributed by atoms with Crippen molar-refractivity contribution in [2.45, 2.75) is 17.9 Å². The molecule has 7 heteroatoms. The van der Waals surface area contributed by atoms with Gasteiger partial charge in [0.25, 0.3) is 0 Å². The van der Waals surface area contributed by atoms with Gasteiger partial charge in [-0.25, -0.2) is 23.1 Å². The van der Waals surface area contributed by atoms with Gasteiger partial charge in [-0.15, -0.1) is 0 Å². The normalized spacial score (nSPS) is 11.4. The van der Waals surface area contributed by atoms with Gasteiger partial charge in [-0.1, -0.05) is 12.1 Å². The fourth-order valence-electron chi connectivity index (χ4n) is 1.64. The molecule has 6 nitrogen and oxygen atoms in total. The molecule has 2 N–H and O–H groups in total. The number of nitrogens with zero attached hydrogens (tertiary/aromatic N) is 2. The third kappa shape index (κ3) is 3.83. The molecule has 0 saturated carbocycles. The highest BCUT2D eigenvalue weighted by Gasteiger charge is 2.13. The lowest BCUT2D eigenvalue weighted by atomic mass is 10.2. The molecule has 0 atom stereocenters. The van der Waals surface area contributed by atoms with Crippen LogP contribution < -0.4 is 4.72 Å². The third-order valence-corrected chi connectivity index (χ3v) is 4.14. The van der Waals surface area contributed by atoms with Crippen molar-refractivity contribution in [2.24, 2.45) is 0 Å². The quantitative estimate of drug-likeness (QED) is 0.808. The molecule has 20 heavy (non-hydrogen) atoms. The average Bonchev–Trinajstić information content (AvgIpc) is 2.47. The Kier molecular flexibility index (Phi) is 4.78. The summed E-state index contributed by atoms with van der Waals surface area (Å²) >= 11 is 0. The van der Waals surface area contributed by atoms with E-state index < -0.39 is 10.0 Å². The van der Waals surface area contributed by atoms with Crippen LogP contribution in [0.3, 0.4) is 0 Å². The number of nitrogens with one attached hydrogen (secondary N) is 1. The molecular formula is C13H15N3O3S. The fourth-order valence-corrected chi connectivity index (χ4v) is 2.64. The topological polar surface area (TPSA) is 92.2 Å². The van der Waals surface area contributed by atoms with Crippen molar-refractivity contribution >= 4 is 10.0 Å². The second-order valence-corrected chi connectivity index (χ2v) is 5.91. The molecule has 1 aromatic heterocycles. The summed E-state index contributed by atoms with van der Waals surface area (Å²) in [4.78, 5) is 7.90. The number of hydrogen-bond donors (Lipinski definition) is 2. The van der Waals surface area contributed by atoms with E-state index in [4.69, 9.17) is 5.11 Å². The summed E-state index contributed by atoms with van der Waals surface area (Å²) in [6.45, 7) is 0.154. The van der Waals surface area contributed by atoms with Crippen LogP contribution in [0.25, 0.3) is 0 Å². The summed E-state index contributed by atoms with van der Waals surface area (Å²) in [6.07, 6.45) is 3.43. The molecule has 1 heterocycles. The number of sulfonamides is 1. The first-order valence-electron chi connectivity index (χ1n) is 6.06. The Morgan fingerprint density at radius 3 is 2.50 bits per heavy atom. The van der Waals surface area contributed by atoms with Crippen molar-refractivity contribution in [3.63, 3.8) is 0 Å². The first kappa shape index (κ1) is 14.6. The molecule has 2 rings (SSSR count). The monoisotopic (exact) mass is 293 g/mol. The number of benzene rings is 1. The van der Waals surface area contributed by atoms with Crippen molar-refractivity contribution in [2.75, 3.05) is 6.61 Å². The largest absolute Gasteiger partial charge is 0.396 e. The van der Waals surface area contributed by atoms with Gasteiger partial charge in [0, 0.05) is 12.8 Å². The summed E-state index contributed by atoms with van der Waals surface area (Å²) in [7, 11) is -3.56. The summed E-state index contributed by atoms with van der Waals surface area (Å²) in [5.74, 6) is 0. The van der Waals surface area contributed by atoms with Crippen molar-refractivity contribution in [1.29, 1.82) is 0 Å². The van der Waals surface area contributed by atoms with Crippen LogP contribution in [0, 0.1) is 0 Å². The molecule has 0 aliphatic carbocycles. The number of rotatable bonds is 6. The predicted molar refractivity (Wildman–Crippen MR) is 73.3 cm³/mol. The van der Waals surface area contributed by atoms with Gasteiger partial charge < -0.3 is 5.11 Å². The van der Waals surface area contributed by atoms with Gasteiger partial charge in [0.1, 0.15) is 6.33 Å². The van der Waals surface area contributed by atoms with E-state index >= 15 is 0 Å². The molecule has 106 valence electrons. The van der Waals surface area contributed by atoms with Crippen LogP contribution in [0.4, 0.5) is 0 Å². The van der Waals surface area contributed by atoms with Gasteiger partial charge in [-0.3, -0.25) is 0 Å². The van der Waals surface area contributed by atoms with E-state index in [0.29, 0.717) is 12.1 Å². The molecule has 0 bridgehead atoms. The molecule has 0 saturated heterocycles. The van der Waals surface area contributed by atoms with E-state index in [0.717, 1.165) is 5.56 Å². The molecule has 0 aliphatic rings. The number of aromatic nitrogens is 2. The van der Waals surface area contributed by atoms with E-state index in [1.165, 1.54) is 18.5 Å². The van der Waals surface area contributed by atoms with Crippen molar-refractivity contribution in [1.82, 2.24) is 14.7 Å². The SMILES string of the molecule is O=S(=O)(NCc1ccncn1)c1ccc(CCO)cc1. The number of aliphatic hydroxyl groups excluding tert-OH is 1. The molecule has 0 unspecified atom stereocenters. The van der Waals surface area contributed by atoms with Gasteiger partial charge >= 0.3 is 0 Å². The number of hydrogen-bond acceptors (Lipinski definition) is 5. The van der Waals surface area contributed by atoms with Crippen LogP contribution in [-0.2, 0) is 23.0 Å². The summed E-state index contributed by atoms with van der Waals surface area (Å²) in [5.41, 5.74) is 1.49. The van der Waals surface area contributed by atoms with Crippen LogP contribution >= 0.6 is 0 Å². The molecule has 0 spiro atoms. The second kappa shape index (κ2) is 6.56. The highest BCUT2D eigenvalue weighted by atomic mass is 32.2. The minimum Gasteiger partial charge on any atom is -0.396 e. The lowest BCUT2D eigenvalue weighted by molar-refractivity contribution is 0.299. The predicted octanol–water partition coefficient (Wildman–Crippen LogP) is 0.490. The molecule has 2 aromatic rings. The zero-order valence-electron chi connectivity index (χ0n) is 10.7. The van der Waals surface area contributed by atoms with E-state index in [1.807, 2.05) is 0 Å². The van der Waals surface area contributed by atoms with Crippen molar-refractivity contribution in [3.05, 3.63) is 54.1 Å². The number of aliphatic hydroxyl groups is 1. The van der Waals surface area contributed by atoms with Crippen molar-refractivity contribution in [3.8, 4) is 0 Å². The van der Waals surface area contributed by atoms with Crippen molar-refractivity contribution < 1.29 is 13.5 Å². The van der Waals surface area contributed by atoms with Gasteiger partial charge in [0.15, 0.2) is 0 Å². The second-order valence-electron chi connectivity index (χ2n) is 4.14. The van der Waals surface area contributed by atoms with Crippen LogP contribution in [0.5, 0.6) is 0 Å². The maximum Gasteiger partial charge on any atom is 0.240 e. The minimum atomic E-state index is -3.56. The van der Waals surface area contributed by atoms with Gasteiger partial charge in [0.2, 0.25) is 10.0 Å². The molecule has 0 aliphatic heterocycles. The smallest absolute Gasteiger partial charge is 0.240 e. The summed E-state index contributed by atoms with van der Waals surface area (Å²) in [6, 6.07) is 8.07. The van der Waals surface area contributed by atoms with E-state index in [1.54, 1.807) is 24.4 Å². The Bertz CT molecular complexity index is 642. The zero-order valence-corrected chi connectivity index (χ0v) is 11.5. The lowest BCUT2D eigenvalue weighted by Gasteiger charge is -2.07.